The number of nitrogens with zero attached hydrogens (tertiary/aromatic N) is 4. The lowest BCUT2D eigenvalue weighted by Gasteiger charge is -2.33. The molecule has 4 nitrogen and oxygen atoms in total. The van der Waals surface area contributed by atoms with Crippen LogP contribution >= 0.6 is 0 Å². The summed E-state index contributed by atoms with van der Waals surface area (Å²) in [5.41, 5.74) is 5.00. The Morgan fingerprint density at radius 2 is 2.00 bits per heavy atom. The summed E-state index contributed by atoms with van der Waals surface area (Å²) < 4.78 is 1.87. The Labute approximate surface area is 141 Å². The van der Waals surface area contributed by atoms with Crippen LogP contribution in [0.15, 0.2) is 61.1 Å². The highest BCUT2D eigenvalue weighted by atomic mass is 15.2. The Hall–Kier alpha value is -2.46. The molecule has 2 aliphatic rings. The smallest absolute Gasteiger partial charge is 0.162 e. The number of aromatic nitrogens is 3. The van der Waals surface area contributed by atoms with E-state index in [-0.39, 0.29) is 0 Å². The van der Waals surface area contributed by atoms with Gasteiger partial charge in [0.25, 0.3) is 0 Å². The van der Waals surface area contributed by atoms with Crippen LogP contribution < -0.4 is 0 Å². The zero-order valence-corrected chi connectivity index (χ0v) is 13.5. The molecule has 0 spiro atoms. The molecule has 4 heteroatoms. The molecule has 2 bridgehead atoms. The first-order chi connectivity index (χ1) is 11.9. The quantitative estimate of drug-likeness (QED) is 0.741. The van der Waals surface area contributed by atoms with E-state index in [0.717, 1.165) is 18.6 Å². The van der Waals surface area contributed by atoms with Gasteiger partial charge in [-0.25, -0.2) is 9.50 Å². The molecule has 24 heavy (non-hydrogen) atoms. The fraction of sp³-hybridized carbons (Fsp3) is 0.300. The first-order valence-corrected chi connectivity index (χ1v) is 8.67. The summed E-state index contributed by atoms with van der Waals surface area (Å²) in [6.45, 7) is 1.05. The highest BCUT2D eigenvalue weighted by Gasteiger charge is 2.37. The molecule has 5 rings (SSSR count). The largest absolute Gasteiger partial charge is 0.289 e. The average Bonchev–Trinajstić information content (AvgIpc) is 3.14. The molecule has 0 amide bonds. The maximum absolute atomic E-state index is 4.52. The van der Waals surface area contributed by atoms with E-state index < -0.39 is 0 Å². The maximum atomic E-state index is 4.52. The summed E-state index contributed by atoms with van der Waals surface area (Å²) >= 11 is 0. The van der Waals surface area contributed by atoms with Crippen molar-refractivity contribution >= 4 is 11.2 Å². The summed E-state index contributed by atoms with van der Waals surface area (Å²) in [5, 5.41) is 4.45. The minimum absolute atomic E-state index is 0.539. The van der Waals surface area contributed by atoms with Crippen molar-refractivity contribution in [2.24, 2.45) is 0 Å². The zero-order valence-electron chi connectivity index (χ0n) is 13.5. The third kappa shape index (κ3) is 2.26. The van der Waals surface area contributed by atoms with Crippen LogP contribution in [0.4, 0.5) is 0 Å². The van der Waals surface area contributed by atoms with Crippen molar-refractivity contribution in [3.05, 3.63) is 72.2 Å². The molecule has 0 saturated carbocycles. The Balaban J connectivity index is 1.46. The van der Waals surface area contributed by atoms with Crippen LogP contribution in [0.1, 0.15) is 30.4 Å². The summed E-state index contributed by atoms with van der Waals surface area (Å²) in [6, 6.07) is 13.9. The molecule has 120 valence electrons. The fourth-order valence-corrected chi connectivity index (χ4v) is 4.21. The van der Waals surface area contributed by atoms with E-state index in [0.29, 0.717) is 12.1 Å². The van der Waals surface area contributed by atoms with Crippen LogP contribution in [-0.2, 0) is 6.54 Å². The second-order valence-corrected chi connectivity index (χ2v) is 6.80. The lowest BCUT2D eigenvalue weighted by Crippen LogP contribution is -2.37. The summed E-state index contributed by atoms with van der Waals surface area (Å²) in [7, 11) is 0. The van der Waals surface area contributed by atoms with Gasteiger partial charge in [0.15, 0.2) is 5.65 Å². The van der Waals surface area contributed by atoms with Gasteiger partial charge < -0.3 is 0 Å². The van der Waals surface area contributed by atoms with Crippen LogP contribution in [0.3, 0.4) is 0 Å². The Kier molecular flexibility index (Phi) is 3.23. The Bertz CT molecular complexity index is 896. The first-order valence-electron chi connectivity index (χ1n) is 8.67. The fourth-order valence-electron chi connectivity index (χ4n) is 4.21. The van der Waals surface area contributed by atoms with Gasteiger partial charge in [0.1, 0.15) is 0 Å². The third-order valence-electron chi connectivity index (χ3n) is 5.37. The van der Waals surface area contributed by atoms with Crippen LogP contribution in [-0.4, -0.2) is 31.6 Å². The molecule has 2 aliphatic heterocycles. The van der Waals surface area contributed by atoms with Gasteiger partial charge in [0.2, 0.25) is 0 Å². The number of hydrogen-bond acceptors (Lipinski definition) is 3. The topological polar surface area (TPSA) is 33.4 Å². The predicted octanol–water partition coefficient (Wildman–Crippen LogP) is 3.55. The molecule has 3 aromatic rings. The van der Waals surface area contributed by atoms with Crippen LogP contribution in [0.25, 0.3) is 11.2 Å². The minimum Gasteiger partial charge on any atom is -0.289 e. The lowest BCUT2D eigenvalue weighted by molar-refractivity contribution is 0.203. The van der Waals surface area contributed by atoms with Crippen LogP contribution in [0.5, 0.6) is 0 Å². The second-order valence-electron chi connectivity index (χ2n) is 6.80. The van der Waals surface area contributed by atoms with Crippen molar-refractivity contribution in [2.45, 2.75) is 37.9 Å². The number of benzene rings is 1. The van der Waals surface area contributed by atoms with Crippen molar-refractivity contribution in [1.29, 1.82) is 0 Å². The van der Waals surface area contributed by atoms with Crippen molar-refractivity contribution in [1.82, 2.24) is 19.5 Å². The third-order valence-corrected chi connectivity index (χ3v) is 5.37. The van der Waals surface area contributed by atoms with E-state index in [1.54, 1.807) is 0 Å². The van der Waals surface area contributed by atoms with Crippen LogP contribution in [0.2, 0.25) is 0 Å². The molecular formula is C20H20N4. The molecule has 2 aromatic heterocycles. The SMILES string of the molecule is C1=C(c2cnn3cccnc23)CC2CCC1N2Cc1ccccc1. The van der Waals surface area contributed by atoms with Gasteiger partial charge in [-0.3, -0.25) is 4.90 Å². The second kappa shape index (κ2) is 5.56. The Morgan fingerprint density at radius 3 is 2.88 bits per heavy atom. The van der Waals surface area contributed by atoms with E-state index in [2.05, 4.69) is 51.4 Å². The maximum Gasteiger partial charge on any atom is 0.162 e. The van der Waals surface area contributed by atoms with E-state index in [1.807, 2.05) is 29.2 Å². The molecule has 2 atom stereocenters. The highest BCUT2D eigenvalue weighted by molar-refractivity contribution is 5.77. The molecule has 0 aliphatic carbocycles. The van der Waals surface area contributed by atoms with E-state index in [4.69, 9.17) is 0 Å². The van der Waals surface area contributed by atoms with Gasteiger partial charge in [-0.2, -0.15) is 5.10 Å². The predicted molar refractivity (Wildman–Crippen MR) is 94.4 cm³/mol. The summed E-state index contributed by atoms with van der Waals surface area (Å²) in [4.78, 5) is 7.18. The average molecular weight is 316 g/mol. The number of rotatable bonds is 3. The summed E-state index contributed by atoms with van der Waals surface area (Å²) in [6.07, 6.45) is 11.9. The molecule has 1 fully saturated rings. The molecule has 4 heterocycles. The van der Waals surface area contributed by atoms with Gasteiger partial charge in [0, 0.05) is 36.6 Å². The normalized spacial score (nSPS) is 23.6. The van der Waals surface area contributed by atoms with Crippen molar-refractivity contribution in [2.75, 3.05) is 0 Å². The molecule has 2 unspecified atom stereocenters. The van der Waals surface area contributed by atoms with Gasteiger partial charge in [-0.15, -0.1) is 0 Å². The molecule has 1 aromatic carbocycles. The van der Waals surface area contributed by atoms with Gasteiger partial charge in [0.05, 0.1) is 6.20 Å². The Morgan fingerprint density at radius 1 is 1.08 bits per heavy atom. The highest BCUT2D eigenvalue weighted by Crippen LogP contribution is 2.39. The lowest BCUT2D eigenvalue weighted by atomic mass is 9.96. The van der Waals surface area contributed by atoms with Crippen molar-refractivity contribution < 1.29 is 0 Å². The van der Waals surface area contributed by atoms with Crippen LogP contribution in [0, 0.1) is 0 Å². The molecule has 1 saturated heterocycles. The van der Waals surface area contributed by atoms with Gasteiger partial charge in [-0.05, 0) is 36.5 Å². The monoisotopic (exact) mass is 316 g/mol. The number of fused-ring (bicyclic) bond motifs is 3. The zero-order chi connectivity index (χ0) is 15.9. The molecular weight excluding hydrogens is 296 g/mol. The van der Waals surface area contributed by atoms with Gasteiger partial charge >= 0.3 is 0 Å². The van der Waals surface area contributed by atoms with Crippen molar-refractivity contribution in [3.8, 4) is 0 Å². The standard InChI is InChI=1S/C20H20N4/c1-2-5-15(6-3-1)14-23-17-7-8-18(23)12-16(11-17)19-13-22-24-10-4-9-21-20(19)24/h1-6,9-11,13,17-18H,7-8,12,14H2. The van der Waals surface area contributed by atoms with Gasteiger partial charge in [-0.1, -0.05) is 36.4 Å². The number of hydrogen-bond donors (Lipinski definition) is 0. The van der Waals surface area contributed by atoms with Crippen molar-refractivity contribution in [3.63, 3.8) is 0 Å². The van der Waals surface area contributed by atoms with E-state index in [1.165, 1.54) is 29.5 Å². The van der Waals surface area contributed by atoms with E-state index >= 15 is 0 Å². The molecule has 0 radical (unpaired) electrons. The minimum atomic E-state index is 0.539. The van der Waals surface area contributed by atoms with E-state index in [9.17, 15) is 0 Å². The molecule has 0 N–H and O–H groups in total. The first kappa shape index (κ1) is 13.9. The summed E-state index contributed by atoms with van der Waals surface area (Å²) in [5.74, 6) is 0.